The molecule has 0 aliphatic carbocycles. The van der Waals surface area contributed by atoms with Crippen molar-refractivity contribution in [3.8, 4) is 0 Å². The molecule has 0 radical (unpaired) electrons. The average molecular weight is 228 g/mol. The normalized spacial score (nSPS) is 43.5. The van der Waals surface area contributed by atoms with E-state index in [0.717, 1.165) is 24.5 Å². The van der Waals surface area contributed by atoms with Gasteiger partial charge in [-0.1, -0.05) is 0 Å². The fourth-order valence-electron chi connectivity index (χ4n) is 2.64. The van der Waals surface area contributed by atoms with Crippen LogP contribution in [0.15, 0.2) is 0 Å². The smallest absolute Gasteiger partial charge is 0.238 e. The molecule has 4 nitrogen and oxygen atoms in total. The van der Waals surface area contributed by atoms with E-state index in [4.69, 9.17) is 4.74 Å². The SMILES string of the molecule is O=C(N[C@@H]1C[C@H]2CC[C@@H]1O2)C1CSCN1. The Labute approximate surface area is 93.5 Å². The minimum atomic E-state index is 0.00845. The highest BCUT2D eigenvalue weighted by Crippen LogP contribution is 2.34. The molecule has 1 unspecified atom stereocenters. The minimum Gasteiger partial charge on any atom is -0.373 e. The Morgan fingerprint density at radius 3 is 3.00 bits per heavy atom. The molecule has 3 aliphatic rings. The number of hydrogen-bond donors (Lipinski definition) is 2. The van der Waals surface area contributed by atoms with Crippen molar-refractivity contribution in [3.63, 3.8) is 0 Å². The molecule has 0 saturated carbocycles. The van der Waals surface area contributed by atoms with Crippen LogP contribution in [0, 0.1) is 0 Å². The average Bonchev–Trinajstić information content (AvgIpc) is 2.95. The third-order valence-corrected chi connectivity index (χ3v) is 4.41. The summed E-state index contributed by atoms with van der Waals surface area (Å²) in [5, 5.41) is 6.30. The van der Waals surface area contributed by atoms with Crippen molar-refractivity contribution in [3.05, 3.63) is 0 Å². The third-order valence-electron chi connectivity index (χ3n) is 3.47. The number of carbonyl (C=O) groups excluding carboxylic acids is 1. The molecular weight excluding hydrogens is 212 g/mol. The maximum absolute atomic E-state index is 11.8. The van der Waals surface area contributed by atoms with Gasteiger partial charge >= 0.3 is 0 Å². The van der Waals surface area contributed by atoms with E-state index in [2.05, 4.69) is 10.6 Å². The Morgan fingerprint density at radius 2 is 2.40 bits per heavy atom. The molecule has 3 saturated heterocycles. The predicted molar refractivity (Wildman–Crippen MR) is 58.7 cm³/mol. The second kappa shape index (κ2) is 3.96. The van der Waals surface area contributed by atoms with Crippen LogP contribution in [0.2, 0.25) is 0 Å². The summed E-state index contributed by atoms with van der Waals surface area (Å²) in [6.45, 7) is 0. The van der Waals surface area contributed by atoms with Crippen LogP contribution in [0.4, 0.5) is 0 Å². The Morgan fingerprint density at radius 1 is 1.47 bits per heavy atom. The van der Waals surface area contributed by atoms with Crippen molar-refractivity contribution in [1.29, 1.82) is 0 Å². The molecule has 2 bridgehead atoms. The van der Waals surface area contributed by atoms with Crippen LogP contribution in [0.1, 0.15) is 19.3 Å². The van der Waals surface area contributed by atoms with Gasteiger partial charge in [-0.15, -0.1) is 11.8 Å². The van der Waals surface area contributed by atoms with Crippen molar-refractivity contribution in [2.75, 3.05) is 11.6 Å². The molecule has 84 valence electrons. The van der Waals surface area contributed by atoms with E-state index in [1.165, 1.54) is 6.42 Å². The lowest BCUT2D eigenvalue weighted by Crippen LogP contribution is -2.49. The summed E-state index contributed by atoms with van der Waals surface area (Å²) in [4.78, 5) is 11.8. The van der Waals surface area contributed by atoms with E-state index in [1.807, 2.05) is 0 Å². The molecule has 0 aromatic heterocycles. The summed E-state index contributed by atoms with van der Waals surface area (Å²) >= 11 is 1.78. The Kier molecular flexibility index (Phi) is 2.62. The summed E-state index contributed by atoms with van der Waals surface area (Å²) in [5.74, 6) is 1.94. The van der Waals surface area contributed by atoms with Crippen LogP contribution in [-0.2, 0) is 9.53 Å². The second-order valence-corrected chi connectivity index (χ2v) is 5.53. The van der Waals surface area contributed by atoms with Gasteiger partial charge in [-0.3, -0.25) is 10.1 Å². The molecule has 0 aromatic rings. The number of hydrogen-bond acceptors (Lipinski definition) is 4. The summed E-state index contributed by atoms with van der Waals surface area (Å²) < 4.78 is 5.71. The van der Waals surface area contributed by atoms with Gasteiger partial charge in [0.05, 0.1) is 24.3 Å². The number of fused-ring (bicyclic) bond motifs is 2. The van der Waals surface area contributed by atoms with Crippen LogP contribution in [-0.4, -0.2) is 41.8 Å². The van der Waals surface area contributed by atoms with Gasteiger partial charge in [-0.05, 0) is 19.3 Å². The van der Waals surface area contributed by atoms with E-state index < -0.39 is 0 Å². The van der Waals surface area contributed by atoms with E-state index >= 15 is 0 Å². The summed E-state index contributed by atoms with van der Waals surface area (Å²) in [5.41, 5.74) is 0. The molecule has 3 fully saturated rings. The van der Waals surface area contributed by atoms with Gasteiger partial charge in [0.15, 0.2) is 0 Å². The maximum atomic E-state index is 11.8. The molecule has 15 heavy (non-hydrogen) atoms. The summed E-state index contributed by atoms with van der Waals surface area (Å²) in [7, 11) is 0. The molecule has 3 rings (SSSR count). The number of rotatable bonds is 2. The topological polar surface area (TPSA) is 50.4 Å². The van der Waals surface area contributed by atoms with Crippen LogP contribution in [0.5, 0.6) is 0 Å². The first-order chi connectivity index (χ1) is 7.33. The lowest BCUT2D eigenvalue weighted by molar-refractivity contribution is -0.123. The maximum Gasteiger partial charge on any atom is 0.238 e. The van der Waals surface area contributed by atoms with E-state index in [-0.39, 0.29) is 24.1 Å². The van der Waals surface area contributed by atoms with Gasteiger partial charge in [-0.2, -0.15) is 0 Å². The highest BCUT2D eigenvalue weighted by atomic mass is 32.2. The molecule has 2 N–H and O–H groups in total. The number of amides is 1. The zero-order chi connectivity index (χ0) is 10.3. The van der Waals surface area contributed by atoms with Crippen LogP contribution in [0.25, 0.3) is 0 Å². The van der Waals surface area contributed by atoms with Gasteiger partial charge in [0.2, 0.25) is 5.91 Å². The largest absolute Gasteiger partial charge is 0.373 e. The second-order valence-electron chi connectivity index (χ2n) is 4.50. The first kappa shape index (κ1) is 9.93. The highest BCUT2D eigenvalue weighted by Gasteiger charge is 2.42. The van der Waals surface area contributed by atoms with Crippen molar-refractivity contribution in [1.82, 2.24) is 10.6 Å². The van der Waals surface area contributed by atoms with E-state index in [0.29, 0.717) is 6.10 Å². The standard InChI is InChI=1S/C10H16N2O2S/c13-10(8-4-15-5-11-8)12-7-3-6-1-2-9(7)14-6/h6-9,11H,1-5H2,(H,12,13)/t6-,7-,8?,9+/m1/s1. The molecular formula is C10H16N2O2S. The van der Waals surface area contributed by atoms with Crippen molar-refractivity contribution < 1.29 is 9.53 Å². The van der Waals surface area contributed by atoms with Gasteiger partial charge in [0.1, 0.15) is 0 Å². The lowest BCUT2D eigenvalue weighted by Gasteiger charge is -2.21. The molecule has 4 atom stereocenters. The molecule has 1 amide bonds. The van der Waals surface area contributed by atoms with E-state index in [1.54, 1.807) is 11.8 Å². The lowest BCUT2D eigenvalue weighted by atomic mass is 9.95. The Balaban J connectivity index is 1.54. The van der Waals surface area contributed by atoms with Crippen LogP contribution in [0.3, 0.4) is 0 Å². The zero-order valence-electron chi connectivity index (χ0n) is 8.57. The quantitative estimate of drug-likeness (QED) is 0.703. The monoisotopic (exact) mass is 228 g/mol. The molecule has 0 spiro atoms. The first-order valence-corrected chi connectivity index (χ1v) is 6.75. The van der Waals surface area contributed by atoms with Crippen molar-refractivity contribution in [2.45, 2.75) is 43.6 Å². The molecule has 3 heterocycles. The van der Waals surface area contributed by atoms with Crippen LogP contribution >= 0.6 is 11.8 Å². The fraction of sp³-hybridized carbons (Fsp3) is 0.900. The number of ether oxygens (including phenoxy) is 1. The molecule has 3 aliphatic heterocycles. The van der Waals surface area contributed by atoms with E-state index in [9.17, 15) is 4.79 Å². The number of nitrogens with one attached hydrogen (secondary N) is 2. The van der Waals surface area contributed by atoms with Gasteiger partial charge in [-0.25, -0.2) is 0 Å². The first-order valence-electron chi connectivity index (χ1n) is 5.60. The van der Waals surface area contributed by atoms with Crippen molar-refractivity contribution >= 4 is 17.7 Å². The number of thioether (sulfide) groups is 1. The van der Waals surface area contributed by atoms with Gasteiger partial charge in [0.25, 0.3) is 0 Å². The molecule has 0 aromatic carbocycles. The Hall–Kier alpha value is -0.260. The molecule has 5 heteroatoms. The fourth-order valence-corrected chi connectivity index (χ4v) is 3.58. The summed E-state index contributed by atoms with van der Waals surface area (Å²) in [6, 6.07) is 0.276. The summed E-state index contributed by atoms with van der Waals surface area (Å²) in [6.07, 6.45) is 3.99. The zero-order valence-corrected chi connectivity index (χ0v) is 9.39. The van der Waals surface area contributed by atoms with Gasteiger partial charge in [0, 0.05) is 11.6 Å². The predicted octanol–water partition coefficient (Wildman–Crippen LogP) is 0.0850. The minimum absolute atomic E-state index is 0.00845. The third kappa shape index (κ3) is 1.88. The Bertz CT molecular complexity index is 268. The van der Waals surface area contributed by atoms with Crippen molar-refractivity contribution in [2.24, 2.45) is 0 Å². The number of carbonyl (C=O) groups is 1. The highest BCUT2D eigenvalue weighted by molar-refractivity contribution is 7.99. The van der Waals surface area contributed by atoms with Gasteiger partial charge < -0.3 is 10.1 Å². The van der Waals surface area contributed by atoms with Crippen LogP contribution < -0.4 is 10.6 Å².